The van der Waals surface area contributed by atoms with Crippen LogP contribution in [0.1, 0.15) is 12.8 Å². The average Bonchev–Trinajstić information content (AvgIpc) is 2.88. The number of thioether (sulfide) groups is 1. The van der Waals surface area contributed by atoms with Crippen LogP contribution in [0.4, 0.5) is 5.82 Å². The van der Waals surface area contributed by atoms with E-state index in [4.69, 9.17) is 15.2 Å². The fourth-order valence-electron chi connectivity index (χ4n) is 2.58. The van der Waals surface area contributed by atoms with Gasteiger partial charge in [0.15, 0.2) is 11.5 Å². The fourth-order valence-corrected chi connectivity index (χ4v) is 3.62. The first-order chi connectivity index (χ1) is 10.7. The maximum absolute atomic E-state index is 6.28. The van der Waals surface area contributed by atoms with Gasteiger partial charge in [-0.3, -0.25) is 4.68 Å². The van der Waals surface area contributed by atoms with Crippen LogP contribution in [0.25, 0.3) is 11.3 Å². The third-order valence-corrected chi connectivity index (χ3v) is 4.98. The van der Waals surface area contributed by atoms with Gasteiger partial charge in [-0.05, 0) is 30.7 Å². The Bertz CT molecular complexity index is 631. The number of rotatable bonds is 4. The lowest BCUT2D eigenvalue weighted by molar-refractivity contribution is 0.203. The Kier molecular flexibility index (Phi) is 4.47. The molecule has 2 aromatic rings. The van der Waals surface area contributed by atoms with Crippen molar-refractivity contribution in [3.8, 4) is 22.8 Å². The third kappa shape index (κ3) is 3.02. The predicted molar refractivity (Wildman–Crippen MR) is 90.6 cm³/mol. The molecule has 1 atom stereocenters. The van der Waals surface area contributed by atoms with E-state index in [-0.39, 0.29) is 6.10 Å². The van der Waals surface area contributed by atoms with Crippen molar-refractivity contribution in [1.82, 2.24) is 9.78 Å². The molecule has 3 rings (SSSR count). The second kappa shape index (κ2) is 6.52. The zero-order chi connectivity index (χ0) is 15.5. The number of ether oxygens (including phenoxy) is 2. The summed E-state index contributed by atoms with van der Waals surface area (Å²) in [5.41, 5.74) is 7.63. The summed E-state index contributed by atoms with van der Waals surface area (Å²) >= 11 is 1.94. The Labute approximate surface area is 134 Å². The number of nitrogens with zero attached hydrogens (tertiary/aromatic N) is 2. The molecule has 1 aliphatic heterocycles. The first kappa shape index (κ1) is 15.1. The van der Waals surface area contributed by atoms with Crippen LogP contribution in [0.5, 0.6) is 11.5 Å². The van der Waals surface area contributed by atoms with Crippen LogP contribution >= 0.6 is 11.8 Å². The zero-order valence-corrected chi connectivity index (χ0v) is 13.7. The number of benzene rings is 1. The van der Waals surface area contributed by atoms with Crippen molar-refractivity contribution in [3.63, 3.8) is 0 Å². The minimum Gasteiger partial charge on any atom is -0.493 e. The molecule has 1 unspecified atom stereocenters. The van der Waals surface area contributed by atoms with Gasteiger partial charge in [0, 0.05) is 24.4 Å². The summed E-state index contributed by atoms with van der Waals surface area (Å²) in [4.78, 5) is 0. The van der Waals surface area contributed by atoms with Crippen molar-refractivity contribution in [2.45, 2.75) is 18.9 Å². The molecule has 118 valence electrons. The minimum atomic E-state index is 0.217. The molecule has 0 bridgehead atoms. The summed E-state index contributed by atoms with van der Waals surface area (Å²) in [7, 11) is 3.49. The molecule has 1 aromatic heterocycles. The van der Waals surface area contributed by atoms with E-state index in [0.29, 0.717) is 5.82 Å². The number of nitrogens with two attached hydrogens (primary N) is 1. The molecule has 0 spiro atoms. The summed E-state index contributed by atoms with van der Waals surface area (Å²) < 4.78 is 13.4. The number of nitrogen functional groups attached to an aromatic ring is 1. The third-order valence-electron chi connectivity index (χ3n) is 3.79. The quantitative estimate of drug-likeness (QED) is 0.939. The molecule has 5 nitrogen and oxygen atoms in total. The summed E-state index contributed by atoms with van der Waals surface area (Å²) in [6.07, 6.45) is 2.49. The van der Waals surface area contributed by atoms with Crippen LogP contribution in [0.2, 0.25) is 0 Å². The van der Waals surface area contributed by atoms with Gasteiger partial charge < -0.3 is 15.2 Å². The van der Waals surface area contributed by atoms with Crippen LogP contribution in [0.3, 0.4) is 0 Å². The Hall–Kier alpha value is -1.82. The first-order valence-electron chi connectivity index (χ1n) is 7.40. The molecule has 1 aromatic carbocycles. The van der Waals surface area contributed by atoms with Crippen molar-refractivity contribution < 1.29 is 9.47 Å². The van der Waals surface area contributed by atoms with E-state index in [0.717, 1.165) is 34.9 Å². The van der Waals surface area contributed by atoms with Crippen LogP contribution in [-0.4, -0.2) is 34.5 Å². The van der Waals surface area contributed by atoms with Crippen LogP contribution in [0, 0.1) is 0 Å². The van der Waals surface area contributed by atoms with Crippen molar-refractivity contribution in [3.05, 3.63) is 24.3 Å². The zero-order valence-electron chi connectivity index (χ0n) is 12.9. The van der Waals surface area contributed by atoms with Gasteiger partial charge in [-0.15, -0.1) is 0 Å². The number of hydrogen-bond donors (Lipinski definition) is 1. The number of anilines is 1. The molecule has 0 saturated carbocycles. The molecular weight excluding hydrogens is 298 g/mol. The summed E-state index contributed by atoms with van der Waals surface area (Å²) in [6, 6.07) is 7.72. The molecule has 2 N–H and O–H groups in total. The van der Waals surface area contributed by atoms with E-state index in [9.17, 15) is 0 Å². The summed E-state index contributed by atoms with van der Waals surface area (Å²) in [6.45, 7) is 0. The monoisotopic (exact) mass is 319 g/mol. The van der Waals surface area contributed by atoms with Gasteiger partial charge in [0.05, 0.1) is 12.8 Å². The largest absolute Gasteiger partial charge is 0.493 e. The van der Waals surface area contributed by atoms with Gasteiger partial charge in [-0.25, -0.2) is 0 Å². The SMILES string of the molecule is COc1cccc(-c2cc(N)n(C)n2)c1OC1CCCSC1. The standard InChI is InChI=1S/C16H21N3O2S/c1-19-15(17)9-13(18-19)12-6-3-7-14(20-2)16(12)21-11-5-4-8-22-10-11/h3,6-7,9,11H,4-5,8,10,17H2,1-2H3. The molecule has 1 saturated heterocycles. The van der Waals surface area contributed by atoms with Gasteiger partial charge in [0.2, 0.25) is 0 Å². The highest BCUT2D eigenvalue weighted by Gasteiger charge is 2.21. The smallest absolute Gasteiger partial charge is 0.171 e. The lowest BCUT2D eigenvalue weighted by Crippen LogP contribution is -2.23. The van der Waals surface area contributed by atoms with E-state index in [1.807, 2.05) is 43.1 Å². The van der Waals surface area contributed by atoms with Gasteiger partial charge in [-0.1, -0.05) is 6.07 Å². The number of hydrogen-bond acceptors (Lipinski definition) is 5. The molecule has 2 heterocycles. The summed E-state index contributed by atoms with van der Waals surface area (Å²) in [5, 5.41) is 4.46. The van der Waals surface area contributed by atoms with Crippen LogP contribution in [0.15, 0.2) is 24.3 Å². The van der Waals surface area contributed by atoms with Crippen LogP contribution in [-0.2, 0) is 7.05 Å². The van der Waals surface area contributed by atoms with Gasteiger partial charge >= 0.3 is 0 Å². The molecule has 1 aliphatic rings. The number of aryl methyl sites for hydroxylation is 1. The Morgan fingerprint density at radius 1 is 1.41 bits per heavy atom. The molecular formula is C16H21N3O2S. The molecule has 0 amide bonds. The molecule has 0 aliphatic carbocycles. The van der Waals surface area contributed by atoms with Crippen molar-refractivity contribution in [2.75, 3.05) is 24.3 Å². The van der Waals surface area contributed by atoms with E-state index in [2.05, 4.69) is 5.10 Å². The molecule has 1 fully saturated rings. The predicted octanol–water partition coefficient (Wildman–Crippen LogP) is 2.95. The fraction of sp³-hybridized carbons (Fsp3) is 0.438. The lowest BCUT2D eigenvalue weighted by atomic mass is 10.1. The number of para-hydroxylation sites is 1. The minimum absolute atomic E-state index is 0.217. The number of aromatic nitrogens is 2. The van der Waals surface area contributed by atoms with Gasteiger partial charge in [0.1, 0.15) is 11.9 Å². The van der Waals surface area contributed by atoms with E-state index in [1.54, 1.807) is 11.8 Å². The van der Waals surface area contributed by atoms with E-state index in [1.165, 1.54) is 12.2 Å². The molecule has 22 heavy (non-hydrogen) atoms. The highest BCUT2D eigenvalue weighted by molar-refractivity contribution is 7.99. The maximum Gasteiger partial charge on any atom is 0.171 e. The average molecular weight is 319 g/mol. The van der Waals surface area contributed by atoms with Crippen molar-refractivity contribution >= 4 is 17.6 Å². The van der Waals surface area contributed by atoms with Gasteiger partial charge in [0.25, 0.3) is 0 Å². The van der Waals surface area contributed by atoms with Crippen LogP contribution < -0.4 is 15.2 Å². The molecule has 0 radical (unpaired) electrons. The van der Waals surface area contributed by atoms with Crippen molar-refractivity contribution in [2.24, 2.45) is 7.05 Å². The second-order valence-corrected chi connectivity index (χ2v) is 6.52. The van der Waals surface area contributed by atoms with E-state index < -0.39 is 0 Å². The molecule has 6 heteroatoms. The Balaban J connectivity index is 1.98. The Morgan fingerprint density at radius 3 is 2.91 bits per heavy atom. The Morgan fingerprint density at radius 2 is 2.27 bits per heavy atom. The highest BCUT2D eigenvalue weighted by atomic mass is 32.2. The second-order valence-electron chi connectivity index (χ2n) is 5.37. The van der Waals surface area contributed by atoms with E-state index >= 15 is 0 Å². The topological polar surface area (TPSA) is 62.3 Å². The normalized spacial score (nSPS) is 18.2. The first-order valence-corrected chi connectivity index (χ1v) is 8.56. The lowest BCUT2D eigenvalue weighted by Gasteiger charge is -2.24. The summed E-state index contributed by atoms with van der Waals surface area (Å²) in [5.74, 6) is 4.35. The highest BCUT2D eigenvalue weighted by Crippen LogP contribution is 2.39. The maximum atomic E-state index is 6.28. The van der Waals surface area contributed by atoms with Crippen molar-refractivity contribution in [1.29, 1.82) is 0 Å². The van der Waals surface area contributed by atoms with Gasteiger partial charge in [-0.2, -0.15) is 16.9 Å². The number of methoxy groups -OCH3 is 1.